The Morgan fingerprint density at radius 1 is 1.53 bits per heavy atom. The summed E-state index contributed by atoms with van der Waals surface area (Å²) in [5.41, 5.74) is 1.42. The van der Waals surface area contributed by atoms with Crippen molar-refractivity contribution in [2.24, 2.45) is 0 Å². The topological polar surface area (TPSA) is 89.0 Å². The molecule has 0 spiro atoms. The lowest BCUT2D eigenvalue weighted by Gasteiger charge is -2.05. The Morgan fingerprint density at radius 3 is 2.89 bits per heavy atom. The van der Waals surface area contributed by atoms with E-state index in [2.05, 4.69) is 14.7 Å². The fourth-order valence-electron chi connectivity index (χ4n) is 1.68. The van der Waals surface area contributed by atoms with Crippen LogP contribution in [0.4, 0.5) is 0 Å². The van der Waals surface area contributed by atoms with Crippen molar-refractivity contribution >= 4 is 33.4 Å². The molecule has 0 aliphatic rings. The van der Waals surface area contributed by atoms with Crippen molar-refractivity contribution in [3.8, 4) is 5.88 Å². The molecule has 19 heavy (non-hydrogen) atoms. The van der Waals surface area contributed by atoms with Gasteiger partial charge in [0.1, 0.15) is 0 Å². The van der Waals surface area contributed by atoms with Crippen molar-refractivity contribution in [3.63, 3.8) is 0 Å². The Balaban J connectivity index is 2.31. The zero-order valence-electron chi connectivity index (χ0n) is 10.5. The van der Waals surface area contributed by atoms with Gasteiger partial charge in [-0.2, -0.15) is 4.98 Å². The number of aromatic nitrogens is 3. The lowest BCUT2D eigenvalue weighted by atomic mass is 10.4. The van der Waals surface area contributed by atoms with Gasteiger partial charge in [0.2, 0.25) is 15.9 Å². The highest BCUT2D eigenvalue weighted by Crippen LogP contribution is 2.16. The minimum Gasteiger partial charge on any atom is -0.481 e. The number of rotatable bonds is 5. The second-order valence-electron chi connectivity index (χ2n) is 3.97. The minimum atomic E-state index is -3.21. The van der Waals surface area contributed by atoms with E-state index < -0.39 is 10.0 Å². The Morgan fingerprint density at radius 2 is 2.26 bits per heavy atom. The number of methoxy groups -OCH3 is 1. The SMILES string of the molecule is COc1ccc2[nH]c(=S)n(CCNS(C)(=O)=O)c2n1. The van der Waals surface area contributed by atoms with Crippen molar-refractivity contribution < 1.29 is 13.2 Å². The number of fused-ring (bicyclic) bond motifs is 1. The number of nitrogens with one attached hydrogen (secondary N) is 2. The summed E-state index contributed by atoms with van der Waals surface area (Å²) < 4.78 is 31.7. The van der Waals surface area contributed by atoms with Crippen LogP contribution in [0.3, 0.4) is 0 Å². The molecule has 0 saturated heterocycles. The molecule has 0 radical (unpaired) electrons. The van der Waals surface area contributed by atoms with E-state index in [1.807, 2.05) is 6.07 Å². The van der Waals surface area contributed by atoms with Gasteiger partial charge < -0.3 is 14.3 Å². The van der Waals surface area contributed by atoms with Gasteiger partial charge in [-0.1, -0.05) is 0 Å². The van der Waals surface area contributed by atoms with E-state index in [1.54, 1.807) is 10.6 Å². The molecule has 0 aromatic carbocycles. The third kappa shape index (κ3) is 3.31. The van der Waals surface area contributed by atoms with E-state index in [1.165, 1.54) is 7.11 Å². The number of ether oxygens (including phenoxy) is 1. The van der Waals surface area contributed by atoms with Gasteiger partial charge >= 0.3 is 0 Å². The lowest BCUT2D eigenvalue weighted by Crippen LogP contribution is -2.26. The van der Waals surface area contributed by atoms with E-state index in [4.69, 9.17) is 17.0 Å². The molecule has 104 valence electrons. The zero-order chi connectivity index (χ0) is 14.0. The average Bonchev–Trinajstić information content (AvgIpc) is 2.63. The molecule has 2 heterocycles. The summed E-state index contributed by atoms with van der Waals surface area (Å²) in [6.45, 7) is 0.644. The van der Waals surface area contributed by atoms with Gasteiger partial charge in [0.15, 0.2) is 10.4 Å². The van der Waals surface area contributed by atoms with Gasteiger partial charge in [-0.25, -0.2) is 13.1 Å². The summed E-state index contributed by atoms with van der Waals surface area (Å²) in [6.07, 6.45) is 1.11. The van der Waals surface area contributed by atoms with Crippen LogP contribution in [0, 0.1) is 4.77 Å². The number of sulfonamides is 1. The molecule has 0 aliphatic carbocycles. The molecule has 2 N–H and O–H groups in total. The fourth-order valence-corrected chi connectivity index (χ4v) is 2.43. The normalized spacial score (nSPS) is 11.9. The van der Waals surface area contributed by atoms with Crippen LogP contribution in [0.15, 0.2) is 12.1 Å². The van der Waals surface area contributed by atoms with Crippen LogP contribution in [0.2, 0.25) is 0 Å². The molecular formula is C10H14N4O3S2. The smallest absolute Gasteiger partial charge is 0.215 e. The largest absolute Gasteiger partial charge is 0.481 e. The monoisotopic (exact) mass is 302 g/mol. The molecule has 0 atom stereocenters. The van der Waals surface area contributed by atoms with Crippen LogP contribution in [0.1, 0.15) is 0 Å². The molecule has 0 saturated carbocycles. The lowest BCUT2D eigenvalue weighted by molar-refractivity contribution is 0.399. The Kier molecular flexibility index (Phi) is 3.88. The van der Waals surface area contributed by atoms with Crippen molar-refractivity contribution in [3.05, 3.63) is 16.9 Å². The Bertz CT molecular complexity index is 748. The highest BCUT2D eigenvalue weighted by atomic mass is 32.2. The summed E-state index contributed by atoms with van der Waals surface area (Å²) in [4.78, 5) is 7.30. The number of hydrogen-bond acceptors (Lipinski definition) is 5. The molecule has 9 heteroatoms. The van der Waals surface area contributed by atoms with Gasteiger partial charge in [-0.15, -0.1) is 0 Å². The second kappa shape index (κ2) is 5.27. The van der Waals surface area contributed by atoms with Crippen molar-refractivity contribution in [2.75, 3.05) is 19.9 Å². The van der Waals surface area contributed by atoms with Crippen molar-refractivity contribution in [1.82, 2.24) is 19.3 Å². The number of imidazole rings is 1. The first-order valence-electron chi connectivity index (χ1n) is 5.49. The van der Waals surface area contributed by atoms with Crippen LogP contribution in [-0.4, -0.2) is 42.9 Å². The summed E-state index contributed by atoms with van der Waals surface area (Å²) >= 11 is 5.19. The molecule has 0 bridgehead atoms. The number of hydrogen-bond donors (Lipinski definition) is 2. The highest BCUT2D eigenvalue weighted by Gasteiger charge is 2.08. The van der Waals surface area contributed by atoms with E-state index in [0.717, 1.165) is 11.8 Å². The van der Waals surface area contributed by atoms with Crippen LogP contribution in [-0.2, 0) is 16.6 Å². The van der Waals surface area contributed by atoms with E-state index in [-0.39, 0.29) is 6.54 Å². The van der Waals surface area contributed by atoms with Gasteiger partial charge in [0.25, 0.3) is 0 Å². The van der Waals surface area contributed by atoms with Crippen LogP contribution < -0.4 is 9.46 Å². The third-order valence-electron chi connectivity index (χ3n) is 2.50. The third-order valence-corrected chi connectivity index (χ3v) is 3.55. The summed E-state index contributed by atoms with van der Waals surface area (Å²) in [5, 5.41) is 0. The molecule has 2 aromatic rings. The number of H-pyrrole nitrogens is 1. The summed E-state index contributed by atoms with van der Waals surface area (Å²) in [6, 6.07) is 3.55. The number of aromatic amines is 1. The van der Waals surface area contributed by atoms with E-state index in [0.29, 0.717) is 22.8 Å². The predicted molar refractivity (Wildman–Crippen MR) is 74.3 cm³/mol. The predicted octanol–water partition coefficient (Wildman–Crippen LogP) is 0.652. The fraction of sp³-hybridized carbons (Fsp3) is 0.400. The van der Waals surface area contributed by atoms with Gasteiger partial charge in [0.05, 0.1) is 18.9 Å². The summed E-state index contributed by atoms with van der Waals surface area (Å²) in [7, 11) is -1.68. The van der Waals surface area contributed by atoms with E-state index >= 15 is 0 Å². The first-order chi connectivity index (χ1) is 8.90. The first-order valence-corrected chi connectivity index (χ1v) is 7.79. The minimum absolute atomic E-state index is 0.249. The maximum Gasteiger partial charge on any atom is 0.215 e. The second-order valence-corrected chi connectivity index (χ2v) is 6.19. The molecule has 0 fully saturated rings. The van der Waals surface area contributed by atoms with Gasteiger partial charge in [0, 0.05) is 19.2 Å². The number of pyridine rings is 1. The van der Waals surface area contributed by atoms with E-state index in [9.17, 15) is 8.42 Å². The first kappa shape index (κ1) is 14.0. The maximum atomic E-state index is 11.0. The molecule has 2 rings (SSSR count). The van der Waals surface area contributed by atoms with Crippen LogP contribution in [0.25, 0.3) is 11.2 Å². The average molecular weight is 302 g/mol. The standard InChI is InChI=1S/C10H14N4O3S2/c1-17-8-4-3-7-9(13-8)14(10(18)12-7)6-5-11-19(2,15)16/h3-4,11H,5-6H2,1-2H3,(H,12,18). The van der Waals surface area contributed by atoms with Gasteiger partial charge in [-0.05, 0) is 18.3 Å². The van der Waals surface area contributed by atoms with Crippen LogP contribution >= 0.6 is 12.2 Å². The molecular weight excluding hydrogens is 288 g/mol. The Labute approximate surface area is 115 Å². The summed E-state index contributed by atoms with van der Waals surface area (Å²) in [5.74, 6) is 0.478. The molecule has 0 aliphatic heterocycles. The zero-order valence-corrected chi connectivity index (χ0v) is 12.1. The van der Waals surface area contributed by atoms with Crippen molar-refractivity contribution in [2.45, 2.75) is 6.54 Å². The molecule has 0 unspecified atom stereocenters. The molecule has 2 aromatic heterocycles. The quantitative estimate of drug-likeness (QED) is 0.792. The molecule has 7 nitrogen and oxygen atoms in total. The van der Waals surface area contributed by atoms with Gasteiger partial charge in [-0.3, -0.25) is 0 Å². The highest BCUT2D eigenvalue weighted by molar-refractivity contribution is 7.88. The molecule has 0 amide bonds. The Hall–Kier alpha value is -1.45. The van der Waals surface area contributed by atoms with Crippen LogP contribution in [0.5, 0.6) is 5.88 Å². The van der Waals surface area contributed by atoms with Crippen molar-refractivity contribution in [1.29, 1.82) is 0 Å². The maximum absolute atomic E-state index is 11.0. The number of nitrogens with zero attached hydrogens (tertiary/aromatic N) is 2.